The highest BCUT2D eigenvalue weighted by Crippen LogP contribution is 2.27. The monoisotopic (exact) mass is 248 g/mol. The molecule has 2 aliphatic rings. The highest BCUT2D eigenvalue weighted by atomic mass is 15.2. The highest BCUT2D eigenvalue weighted by molar-refractivity contribution is 5.02. The summed E-state index contributed by atoms with van der Waals surface area (Å²) in [6.45, 7) is 9.13. The lowest BCUT2D eigenvalue weighted by molar-refractivity contribution is 0.114. The minimum Gasteiger partial charge on any atom is -0.331 e. The summed E-state index contributed by atoms with van der Waals surface area (Å²) in [4.78, 5) is 6.97. The van der Waals surface area contributed by atoms with Crippen LogP contribution in [-0.2, 0) is 6.54 Å². The Hall–Kier alpha value is -0.870. The van der Waals surface area contributed by atoms with Crippen LogP contribution < -0.4 is 5.32 Å². The Bertz CT molecular complexity index is 398. The first kappa shape index (κ1) is 12.2. The van der Waals surface area contributed by atoms with Crippen molar-refractivity contribution in [1.29, 1.82) is 0 Å². The molecule has 1 aromatic rings. The molecule has 2 fully saturated rings. The van der Waals surface area contributed by atoms with Crippen LogP contribution in [0.25, 0.3) is 0 Å². The molecule has 100 valence electrons. The molecule has 3 rings (SSSR count). The molecule has 4 nitrogen and oxygen atoms in total. The lowest BCUT2D eigenvalue weighted by Gasteiger charge is -2.37. The second kappa shape index (κ2) is 5.02. The van der Waals surface area contributed by atoms with Crippen LogP contribution in [0.5, 0.6) is 0 Å². The van der Waals surface area contributed by atoms with Gasteiger partial charge in [0.2, 0.25) is 0 Å². The number of hydrogen-bond donors (Lipinski definition) is 1. The maximum Gasteiger partial charge on any atom is 0.0951 e. The molecule has 2 atom stereocenters. The zero-order valence-electron chi connectivity index (χ0n) is 11.5. The maximum absolute atomic E-state index is 4.32. The summed E-state index contributed by atoms with van der Waals surface area (Å²) < 4.78 is 2.30. The Morgan fingerprint density at radius 1 is 1.44 bits per heavy atom. The van der Waals surface area contributed by atoms with Gasteiger partial charge in [0, 0.05) is 31.4 Å². The van der Waals surface area contributed by atoms with Gasteiger partial charge in [-0.1, -0.05) is 0 Å². The van der Waals surface area contributed by atoms with E-state index >= 15 is 0 Å². The third kappa shape index (κ3) is 2.19. The van der Waals surface area contributed by atoms with Crippen LogP contribution in [0.3, 0.4) is 0 Å². The molecule has 1 N–H and O–H groups in total. The van der Waals surface area contributed by atoms with Crippen LogP contribution in [0, 0.1) is 5.92 Å². The SMILES string of the molecule is CC(C)n1cncc1CN1CCCC2CNCC21. The molecule has 0 aromatic carbocycles. The van der Waals surface area contributed by atoms with Crippen molar-refractivity contribution in [3.05, 3.63) is 18.2 Å². The predicted octanol–water partition coefficient (Wildman–Crippen LogP) is 1.65. The van der Waals surface area contributed by atoms with E-state index in [4.69, 9.17) is 0 Å². The average Bonchev–Trinajstić information content (AvgIpc) is 2.96. The van der Waals surface area contributed by atoms with Gasteiger partial charge in [0.1, 0.15) is 0 Å². The van der Waals surface area contributed by atoms with Gasteiger partial charge in [-0.2, -0.15) is 0 Å². The fraction of sp³-hybridized carbons (Fsp3) is 0.786. The second-order valence-corrected chi connectivity index (χ2v) is 5.98. The van der Waals surface area contributed by atoms with E-state index in [1.807, 2.05) is 12.5 Å². The standard InChI is InChI=1S/C14H24N4/c1-11(2)18-10-16-7-13(18)9-17-5-3-4-12-6-15-8-14(12)17/h7,10-12,14-15H,3-6,8-9H2,1-2H3. The molecule has 0 bridgehead atoms. The van der Waals surface area contributed by atoms with Crippen LogP contribution >= 0.6 is 0 Å². The molecule has 0 aliphatic carbocycles. The van der Waals surface area contributed by atoms with E-state index in [0.717, 1.165) is 18.5 Å². The van der Waals surface area contributed by atoms with Crippen LogP contribution in [0.2, 0.25) is 0 Å². The molecule has 0 amide bonds. The Labute approximate surface area is 109 Å². The molecule has 0 radical (unpaired) electrons. The number of aromatic nitrogens is 2. The number of nitrogens with one attached hydrogen (secondary N) is 1. The van der Waals surface area contributed by atoms with Crippen LogP contribution in [0.4, 0.5) is 0 Å². The van der Waals surface area contributed by atoms with Crippen molar-refractivity contribution in [1.82, 2.24) is 19.8 Å². The maximum atomic E-state index is 4.32. The fourth-order valence-corrected chi connectivity index (χ4v) is 3.49. The Balaban J connectivity index is 1.73. The summed E-state index contributed by atoms with van der Waals surface area (Å²) in [6, 6.07) is 1.25. The van der Waals surface area contributed by atoms with Crippen molar-refractivity contribution < 1.29 is 0 Å². The van der Waals surface area contributed by atoms with E-state index in [9.17, 15) is 0 Å². The van der Waals surface area contributed by atoms with Gasteiger partial charge in [0.05, 0.1) is 12.0 Å². The van der Waals surface area contributed by atoms with Crippen molar-refractivity contribution in [3.63, 3.8) is 0 Å². The predicted molar refractivity (Wildman–Crippen MR) is 72.4 cm³/mol. The topological polar surface area (TPSA) is 33.1 Å². The highest BCUT2D eigenvalue weighted by Gasteiger charge is 2.35. The van der Waals surface area contributed by atoms with E-state index in [1.54, 1.807) is 0 Å². The number of imidazole rings is 1. The van der Waals surface area contributed by atoms with Gasteiger partial charge in [-0.15, -0.1) is 0 Å². The number of rotatable bonds is 3. The number of likely N-dealkylation sites (tertiary alicyclic amines) is 1. The molecular weight excluding hydrogens is 224 g/mol. The molecule has 2 aliphatic heterocycles. The molecule has 2 saturated heterocycles. The van der Waals surface area contributed by atoms with E-state index in [-0.39, 0.29) is 0 Å². The first-order valence-corrected chi connectivity index (χ1v) is 7.21. The Kier molecular flexibility index (Phi) is 3.39. The quantitative estimate of drug-likeness (QED) is 0.883. The first-order valence-electron chi connectivity index (χ1n) is 7.21. The minimum absolute atomic E-state index is 0.504. The summed E-state index contributed by atoms with van der Waals surface area (Å²) in [5, 5.41) is 3.55. The normalized spacial score (nSPS) is 28.8. The van der Waals surface area contributed by atoms with Crippen LogP contribution in [0.15, 0.2) is 12.5 Å². The Morgan fingerprint density at radius 2 is 2.33 bits per heavy atom. The van der Waals surface area contributed by atoms with E-state index in [2.05, 4.69) is 33.6 Å². The second-order valence-electron chi connectivity index (χ2n) is 5.98. The molecule has 18 heavy (non-hydrogen) atoms. The van der Waals surface area contributed by atoms with Gasteiger partial charge in [-0.05, 0) is 45.7 Å². The molecule has 4 heteroatoms. The summed E-state index contributed by atoms with van der Waals surface area (Å²) >= 11 is 0. The number of fused-ring (bicyclic) bond motifs is 1. The number of nitrogens with zero attached hydrogens (tertiary/aromatic N) is 3. The van der Waals surface area contributed by atoms with Crippen molar-refractivity contribution in [3.8, 4) is 0 Å². The van der Waals surface area contributed by atoms with Gasteiger partial charge in [-0.25, -0.2) is 4.98 Å². The van der Waals surface area contributed by atoms with Crippen molar-refractivity contribution in [2.24, 2.45) is 5.92 Å². The zero-order valence-corrected chi connectivity index (χ0v) is 11.5. The molecular formula is C14H24N4. The summed E-state index contributed by atoms with van der Waals surface area (Å²) in [6.07, 6.45) is 6.75. The van der Waals surface area contributed by atoms with Gasteiger partial charge in [0.25, 0.3) is 0 Å². The van der Waals surface area contributed by atoms with Crippen molar-refractivity contribution >= 4 is 0 Å². The van der Waals surface area contributed by atoms with E-state index < -0.39 is 0 Å². The largest absolute Gasteiger partial charge is 0.331 e. The minimum atomic E-state index is 0.504. The lowest BCUT2D eigenvalue weighted by Crippen LogP contribution is -2.44. The number of piperidine rings is 1. The van der Waals surface area contributed by atoms with Crippen LogP contribution in [0.1, 0.15) is 38.4 Å². The van der Waals surface area contributed by atoms with Crippen molar-refractivity contribution in [2.45, 2.75) is 45.3 Å². The first-order chi connectivity index (χ1) is 8.75. The zero-order chi connectivity index (χ0) is 12.5. The summed E-state index contributed by atoms with van der Waals surface area (Å²) in [5.41, 5.74) is 1.36. The third-order valence-electron chi connectivity index (χ3n) is 4.46. The third-order valence-corrected chi connectivity index (χ3v) is 4.46. The smallest absolute Gasteiger partial charge is 0.0951 e. The van der Waals surface area contributed by atoms with Gasteiger partial charge < -0.3 is 9.88 Å². The Morgan fingerprint density at radius 3 is 3.17 bits per heavy atom. The van der Waals surface area contributed by atoms with Crippen LogP contribution in [-0.4, -0.2) is 40.1 Å². The number of hydrogen-bond acceptors (Lipinski definition) is 3. The summed E-state index contributed by atoms with van der Waals surface area (Å²) in [5.74, 6) is 0.870. The van der Waals surface area contributed by atoms with Gasteiger partial charge in [-0.3, -0.25) is 4.90 Å². The van der Waals surface area contributed by atoms with Gasteiger partial charge >= 0.3 is 0 Å². The molecule has 2 unspecified atom stereocenters. The molecule has 0 saturated carbocycles. The fourth-order valence-electron chi connectivity index (χ4n) is 3.49. The summed E-state index contributed by atoms with van der Waals surface area (Å²) in [7, 11) is 0. The molecule has 0 spiro atoms. The van der Waals surface area contributed by atoms with E-state index in [1.165, 1.54) is 38.2 Å². The lowest BCUT2D eigenvalue weighted by atomic mass is 9.92. The molecule has 3 heterocycles. The molecule has 1 aromatic heterocycles. The van der Waals surface area contributed by atoms with E-state index in [0.29, 0.717) is 6.04 Å². The van der Waals surface area contributed by atoms with Gasteiger partial charge in [0.15, 0.2) is 0 Å². The average molecular weight is 248 g/mol. The van der Waals surface area contributed by atoms with Crippen molar-refractivity contribution in [2.75, 3.05) is 19.6 Å².